The summed E-state index contributed by atoms with van der Waals surface area (Å²) in [4.78, 5) is 5.01. The lowest BCUT2D eigenvalue weighted by Crippen LogP contribution is -2.14. The maximum absolute atomic E-state index is 2.51. The quantitative estimate of drug-likeness (QED) is 0.124. The third-order valence-electron chi connectivity index (χ3n) is 10.6. The molecule has 4 heteroatoms. The van der Waals surface area contributed by atoms with Gasteiger partial charge in [-0.15, -0.1) is 22.7 Å². The van der Waals surface area contributed by atoms with Gasteiger partial charge in [-0.25, -0.2) is 0 Å². The van der Waals surface area contributed by atoms with Gasteiger partial charge in [0.2, 0.25) is 0 Å². The zero-order chi connectivity index (χ0) is 35.6. The molecule has 2 nitrogen and oxygen atoms in total. The average molecular weight is 725 g/mol. The van der Waals surface area contributed by atoms with Crippen molar-refractivity contribution in [1.29, 1.82) is 0 Å². The maximum Gasteiger partial charge on any atom is 0.0640 e. The number of thiophene rings is 2. The fraction of sp³-hybridized carbons (Fsp3) is 0. The fourth-order valence-corrected chi connectivity index (χ4v) is 10.7. The fourth-order valence-electron chi connectivity index (χ4n) is 8.31. The van der Waals surface area contributed by atoms with E-state index < -0.39 is 0 Å². The summed E-state index contributed by atoms with van der Waals surface area (Å²) in [5, 5.41) is 9.93. The second kappa shape index (κ2) is 12.6. The third kappa shape index (κ3) is 4.78. The second-order valence-corrected chi connectivity index (χ2v) is 15.7. The summed E-state index contributed by atoms with van der Waals surface area (Å²) in [5.41, 5.74) is 6.96. The van der Waals surface area contributed by atoms with Crippen LogP contribution in [-0.2, 0) is 0 Å². The Morgan fingerprint density at radius 2 is 0.574 bits per heavy atom. The Labute approximate surface area is 321 Å². The molecule has 11 rings (SSSR count). The summed E-state index contributed by atoms with van der Waals surface area (Å²) in [6.07, 6.45) is 0. The molecule has 2 heterocycles. The van der Waals surface area contributed by atoms with E-state index in [0.29, 0.717) is 0 Å². The van der Waals surface area contributed by atoms with Crippen LogP contribution in [0.2, 0.25) is 0 Å². The van der Waals surface area contributed by atoms with Crippen molar-refractivity contribution in [2.24, 2.45) is 0 Å². The van der Waals surface area contributed by atoms with Crippen molar-refractivity contribution in [1.82, 2.24) is 0 Å². The lowest BCUT2D eigenvalue weighted by Gasteiger charge is -2.33. The van der Waals surface area contributed by atoms with Crippen LogP contribution in [-0.4, -0.2) is 0 Å². The van der Waals surface area contributed by atoms with Gasteiger partial charge in [-0.3, -0.25) is 0 Å². The van der Waals surface area contributed by atoms with E-state index in [2.05, 4.69) is 204 Å². The predicted molar refractivity (Wildman–Crippen MR) is 237 cm³/mol. The second-order valence-electron chi connectivity index (χ2n) is 13.6. The predicted octanol–water partition coefficient (Wildman–Crippen LogP) is 15.7. The summed E-state index contributed by atoms with van der Waals surface area (Å²) < 4.78 is 5.16. The van der Waals surface area contributed by atoms with Crippen molar-refractivity contribution in [3.05, 3.63) is 194 Å². The number of fused-ring (bicyclic) bond motifs is 8. The van der Waals surface area contributed by atoms with Gasteiger partial charge in [-0.2, -0.15) is 0 Å². The summed E-state index contributed by atoms with van der Waals surface area (Å²) in [6, 6.07) is 70.9. The van der Waals surface area contributed by atoms with Gasteiger partial charge in [0, 0.05) is 63.9 Å². The highest BCUT2D eigenvalue weighted by Crippen LogP contribution is 2.54. The van der Waals surface area contributed by atoms with Crippen molar-refractivity contribution in [2.75, 3.05) is 9.80 Å². The zero-order valence-electron chi connectivity index (χ0n) is 29.2. The molecule has 2 aromatic heterocycles. The molecule has 254 valence electrons. The SMILES string of the molecule is c1ccc(N(c2c3ccccc3c(N(c3ccccc3)c3cccc4c3sc3ccccc34)c3ccccc23)c2cccc3c2sc2ccccc23)cc1. The van der Waals surface area contributed by atoms with E-state index in [0.717, 1.165) is 11.4 Å². The molecule has 0 aliphatic carbocycles. The van der Waals surface area contributed by atoms with Crippen molar-refractivity contribution < 1.29 is 0 Å². The standard InChI is InChI=1S/C50H32N2S2/c1-3-17-33(18-4-1)51(43-29-15-27-41-35-21-11-13-31-45(35)53-49(41)43)47-37-23-7-9-25-39(37)48(40-26-10-8-24-38(40)47)52(34-19-5-2-6-20-34)44-30-16-28-42-36-22-12-14-32-46(36)54-50(42)44/h1-32H. The Morgan fingerprint density at radius 1 is 0.259 bits per heavy atom. The molecule has 0 atom stereocenters. The van der Waals surface area contributed by atoms with Crippen molar-refractivity contribution in [2.45, 2.75) is 0 Å². The van der Waals surface area contributed by atoms with Gasteiger partial charge in [0.15, 0.2) is 0 Å². The van der Waals surface area contributed by atoms with Crippen LogP contribution in [0.4, 0.5) is 34.1 Å². The third-order valence-corrected chi connectivity index (χ3v) is 13.0. The van der Waals surface area contributed by atoms with E-state index >= 15 is 0 Å². The first-order chi connectivity index (χ1) is 26.8. The van der Waals surface area contributed by atoms with Crippen molar-refractivity contribution in [3.63, 3.8) is 0 Å². The van der Waals surface area contributed by atoms with Crippen molar-refractivity contribution >= 4 is 119 Å². The van der Waals surface area contributed by atoms with E-state index in [4.69, 9.17) is 0 Å². The summed E-state index contributed by atoms with van der Waals surface area (Å²) in [5.74, 6) is 0. The molecule has 0 spiro atoms. The van der Waals surface area contributed by atoms with Crippen LogP contribution >= 0.6 is 22.7 Å². The van der Waals surface area contributed by atoms with Gasteiger partial charge < -0.3 is 9.80 Å². The molecule has 0 saturated carbocycles. The smallest absolute Gasteiger partial charge is 0.0640 e. The van der Waals surface area contributed by atoms with Crippen LogP contribution in [0.25, 0.3) is 61.9 Å². The normalized spacial score (nSPS) is 11.7. The number of benzene rings is 9. The Bertz CT molecular complexity index is 2910. The Kier molecular flexibility index (Phi) is 7.25. The maximum atomic E-state index is 2.51. The molecular weight excluding hydrogens is 693 g/mol. The van der Waals surface area contributed by atoms with Crippen LogP contribution in [0.3, 0.4) is 0 Å². The molecule has 9 aromatic carbocycles. The summed E-state index contributed by atoms with van der Waals surface area (Å²) in [6.45, 7) is 0. The average Bonchev–Trinajstić information content (AvgIpc) is 3.82. The molecule has 0 aliphatic heterocycles. The first-order valence-electron chi connectivity index (χ1n) is 18.3. The molecule has 0 saturated heterocycles. The highest BCUT2D eigenvalue weighted by molar-refractivity contribution is 7.26. The monoisotopic (exact) mass is 724 g/mol. The first-order valence-corrected chi connectivity index (χ1v) is 19.9. The van der Waals surface area contributed by atoms with Crippen LogP contribution in [0, 0.1) is 0 Å². The van der Waals surface area contributed by atoms with Crippen molar-refractivity contribution in [3.8, 4) is 0 Å². The number of nitrogens with zero attached hydrogens (tertiary/aromatic N) is 2. The van der Waals surface area contributed by atoms with Gasteiger partial charge in [-0.05, 0) is 48.5 Å². The first kappa shape index (κ1) is 31.1. The van der Waals surface area contributed by atoms with E-state index in [-0.39, 0.29) is 0 Å². The molecule has 11 aromatic rings. The molecule has 0 unspecified atom stereocenters. The number of hydrogen-bond acceptors (Lipinski definition) is 4. The molecule has 0 amide bonds. The van der Waals surface area contributed by atoms with E-state index in [1.807, 2.05) is 22.7 Å². The van der Waals surface area contributed by atoms with Crippen LogP contribution in [0.1, 0.15) is 0 Å². The van der Waals surface area contributed by atoms with Crippen LogP contribution < -0.4 is 9.80 Å². The van der Waals surface area contributed by atoms with Crippen LogP contribution in [0.15, 0.2) is 194 Å². The Balaban J connectivity index is 1.27. The van der Waals surface area contributed by atoms with Gasteiger partial charge in [0.05, 0.1) is 32.1 Å². The molecule has 0 N–H and O–H groups in total. The lowest BCUT2D eigenvalue weighted by molar-refractivity contribution is 1.31. The minimum atomic E-state index is 1.13. The largest absolute Gasteiger partial charge is 0.308 e. The van der Waals surface area contributed by atoms with Gasteiger partial charge in [0.25, 0.3) is 0 Å². The van der Waals surface area contributed by atoms with Gasteiger partial charge in [-0.1, -0.05) is 146 Å². The van der Waals surface area contributed by atoms with Crippen LogP contribution in [0.5, 0.6) is 0 Å². The Morgan fingerprint density at radius 3 is 0.963 bits per heavy atom. The van der Waals surface area contributed by atoms with E-state index in [1.54, 1.807) is 0 Å². The molecular formula is C50H32N2S2. The minimum Gasteiger partial charge on any atom is -0.308 e. The molecule has 0 fully saturated rings. The number of anilines is 6. The van der Waals surface area contributed by atoms with Gasteiger partial charge in [0.1, 0.15) is 0 Å². The highest BCUT2D eigenvalue weighted by atomic mass is 32.1. The molecule has 0 bridgehead atoms. The zero-order valence-corrected chi connectivity index (χ0v) is 30.8. The van der Waals surface area contributed by atoms with Gasteiger partial charge >= 0.3 is 0 Å². The minimum absolute atomic E-state index is 1.13. The van der Waals surface area contributed by atoms with E-state index in [1.165, 1.54) is 84.6 Å². The number of hydrogen-bond donors (Lipinski definition) is 0. The topological polar surface area (TPSA) is 6.48 Å². The number of rotatable bonds is 6. The number of para-hydroxylation sites is 2. The highest BCUT2D eigenvalue weighted by Gasteiger charge is 2.27. The molecule has 54 heavy (non-hydrogen) atoms. The lowest BCUT2D eigenvalue weighted by atomic mass is 9.95. The Hall–Kier alpha value is -6.46. The molecule has 0 aliphatic rings. The van der Waals surface area contributed by atoms with E-state index in [9.17, 15) is 0 Å². The summed E-state index contributed by atoms with van der Waals surface area (Å²) >= 11 is 3.75. The molecule has 0 radical (unpaired) electrons. The summed E-state index contributed by atoms with van der Waals surface area (Å²) in [7, 11) is 0.